The molecule has 0 unspecified atom stereocenters. The molecule has 0 heterocycles. The molecule has 0 aliphatic heterocycles. The number of benzene rings is 2. The van der Waals surface area contributed by atoms with Gasteiger partial charge in [0.15, 0.2) is 0 Å². The first-order chi connectivity index (χ1) is 11.7. The molecule has 0 aliphatic rings. The number of nitrogens with one attached hydrogen (secondary N) is 1. The van der Waals surface area contributed by atoms with Crippen molar-refractivity contribution in [2.24, 2.45) is 0 Å². The summed E-state index contributed by atoms with van der Waals surface area (Å²) in [6.07, 6.45) is -2.34. The normalized spacial score (nSPS) is 11.5. The van der Waals surface area contributed by atoms with Gasteiger partial charge < -0.3 is 5.32 Å². The number of carbonyl (C=O) groups excluding carboxylic acids is 1. The highest BCUT2D eigenvalue weighted by Gasteiger charge is 2.33. The third kappa shape index (κ3) is 4.90. The van der Waals surface area contributed by atoms with E-state index in [1.54, 1.807) is 6.07 Å². The molecule has 0 saturated heterocycles. The Hall–Kier alpha value is -2.68. The quantitative estimate of drug-likeness (QED) is 0.433. The number of para-hydroxylation sites is 1. The summed E-state index contributed by atoms with van der Waals surface area (Å²) in [5.74, 6) is -0.714. The third-order valence-corrected chi connectivity index (χ3v) is 3.78. The first-order valence-corrected chi connectivity index (χ1v) is 7.57. The van der Waals surface area contributed by atoms with Crippen molar-refractivity contribution in [1.29, 1.82) is 0 Å². The molecule has 2 aromatic rings. The van der Waals surface area contributed by atoms with Gasteiger partial charge in [-0.15, -0.1) is 0 Å². The fraction of sp³-hybridized carbons (Fsp3) is 0.0625. The molecule has 0 aromatic heterocycles. The van der Waals surface area contributed by atoms with E-state index in [1.807, 2.05) is 0 Å². The lowest BCUT2D eigenvalue weighted by atomic mass is 10.1. The number of nitro groups is 1. The van der Waals surface area contributed by atoms with Crippen LogP contribution in [0.15, 0.2) is 53.0 Å². The Labute approximate surface area is 148 Å². The third-order valence-electron chi connectivity index (χ3n) is 3.09. The summed E-state index contributed by atoms with van der Waals surface area (Å²) >= 11 is 2.80. The molecule has 0 aliphatic carbocycles. The monoisotopic (exact) mass is 414 g/mol. The molecule has 5 nitrogen and oxygen atoms in total. The van der Waals surface area contributed by atoms with Crippen LogP contribution in [0.1, 0.15) is 11.1 Å². The molecule has 0 spiro atoms. The van der Waals surface area contributed by atoms with E-state index in [0.29, 0.717) is 0 Å². The second kappa shape index (κ2) is 7.47. The van der Waals surface area contributed by atoms with Gasteiger partial charge in [0, 0.05) is 22.3 Å². The van der Waals surface area contributed by atoms with Gasteiger partial charge >= 0.3 is 6.18 Å². The number of alkyl halides is 3. The summed E-state index contributed by atoms with van der Waals surface area (Å²) in [5.41, 5.74) is -0.954. The van der Waals surface area contributed by atoms with Crippen LogP contribution in [-0.4, -0.2) is 10.8 Å². The van der Waals surface area contributed by atoms with Gasteiger partial charge in [-0.1, -0.05) is 28.1 Å². The molecule has 130 valence electrons. The van der Waals surface area contributed by atoms with Crippen LogP contribution in [0.2, 0.25) is 0 Å². The second-order valence-corrected chi connectivity index (χ2v) is 5.69. The Morgan fingerprint density at radius 3 is 2.52 bits per heavy atom. The van der Waals surface area contributed by atoms with Crippen molar-refractivity contribution < 1.29 is 22.9 Å². The SMILES string of the molecule is O=C(/C=C/c1ccccc1[N+](=O)[O-])Nc1ccc(Br)c(C(F)(F)F)c1. The highest BCUT2D eigenvalue weighted by molar-refractivity contribution is 9.10. The molecule has 2 aromatic carbocycles. The fourth-order valence-electron chi connectivity index (χ4n) is 1.96. The number of halogens is 4. The highest BCUT2D eigenvalue weighted by Crippen LogP contribution is 2.36. The van der Waals surface area contributed by atoms with Crippen LogP contribution in [0.25, 0.3) is 6.08 Å². The zero-order valence-electron chi connectivity index (χ0n) is 12.4. The largest absolute Gasteiger partial charge is 0.417 e. The minimum Gasteiger partial charge on any atom is -0.322 e. The fourth-order valence-corrected chi connectivity index (χ4v) is 2.44. The smallest absolute Gasteiger partial charge is 0.322 e. The van der Waals surface area contributed by atoms with Gasteiger partial charge in [-0.25, -0.2) is 0 Å². The molecule has 9 heteroatoms. The number of anilines is 1. The number of nitrogens with zero attached hydrogens (tertiary/aromatic N) is 1. The minimum absolute atomic E-state index is 0.0484. The van der Waals surface area contributed by atoms with Crippen molar-refractivity contribution in [1.82, 2.24) is 0 Å². The van der Waals surface area contributed by atoms with E-state index in [9.17, 15) is 28.1 Å². The summed E-state index contributed by atoms with van der Waals surface area (Å²) in [5, 5.41) is 13.2. The summed E-state index contributed by atoms with van der Waals surface area (Å²) < 4.78 is 38.4. The summed E-state index contributed by atoms with van der Waals surface area (Å²) in [4.78, 5) is 22.1. The van der Waals surface area contributed by atoms with Crippen LogP contribution in [-0.2, 0) is 11.0 Å². The summed E-state index contributed by atoms with van der Waals surface area (Å²) in [7, 11) is 0. The molecule has 0 saturated carbocycles. The molecule has 0 bridgehead atoms. The molecule has 25 heavy (non-hydrogen) atoms. The Bertz CT molecular complexity index is 851. The summed E-state index contributed by atoms with van der Waals surface area (Å²) in [6, 6.07) is 9.04. The lowest BCUT2D eigenvalue weighted by Gasteiger charge is -2.11. The van der Waals surface area contributed by atoms with Crippen LogP contribution < -0.4 is 5.32 Å². The highest BCUT2D eigenvalue weighted by atomic mass is 79.9. The van der Waals surface area contributed by atoms with Crippen molar-refractivity contribution in [2.45, 2.75) is 6.18 Å². The van der Waals surface area contributed by atoms with Crippen LogP contribution >= 0.6 is 15.9 Å². The number of hydrogen-bond donors (Lipinski definition) is 1. The zero-order valence-corrected chi connectivity index (χ0v) is 14.0. The average Bonchev–Trinajstić information content (AvgIpc) is 2.54. The molecular weight excluding hydrogens is 405 g/mol. The first kappa shape index (κ1) is 18.7. The maximum atomic E-state index is 12.8. The number of rotatable bonds is 4. The predicted molar refractivity (Wildman–Crippen MR) is 89.9 cm³/mol. The van der Waals surface area contributed by atoms with E-state index in [4.69, 9.17) is 0 Å². The van der Waals surface area contributed by atoms with E-state index < -0.39 is 22.6 Å². The van der Waals surface area contributed by atoms with Gasteiger partial charge in [-0.3, -0.25) is 14.9 Å². The van der Waals surface area contributed by atoms with Crippen LogP contribution in [0, 0.1) is 10.1 Å². The Morgan fingerprint density at radius 2 is 1.88 bits per heavy atom. The van der Waals surface area contributed by atoms with Crippen molar-refractivity contribution in [3.63, 3.8) is 0 Å². The Kier molecular flexibility index (Phi) is 5.58. The van der Waals surface area contributed by atoms with Crippen molar-refractivity contribution in [2.75, 3.05) is 5.32 Å². The van der Waals surface area contributed by atoms with Gasteiger partial charge in [0.2, 0.25) is 5.91 Å². The molecule has 0 fully saturated rings. The van der Waals surface area contributed by atoms with Crippen molar-refractivity contribution in [3.8, 4) is 0 Å². The van der Waals surface area contributed by atoms with Gasteiger partial charge in [0.05, 0.1) is 16.1 Å². The summed E-state index contributed by atoms with van der Waals surface area (Å²) in [6.45, 7) is 0. The number of amides is 1. The van der Waals surface area contributed by atoms with E-state index in [1.165, 1.54) is 36.4 Å². The molecule has 1 amide bonds. The van der Waals surface area contributed by atoms with Crippen molar-refractivity contribution >= 4 is 39.3 Å². The first-order valence-electron chi connectivity index (χ1n) is 6.77. The van der Waals surface area contributed by atoms with Gasteiger partial charge in [-0.2, -0.15) is 13.2 Å². The van der Waals surface area contributed by atoms with E-state index >= 15 is 0 Å². The topological polar surface area (TPSA) is 72.2 Å². The standard InChI is InChI=1S/C16H10BrF3N2O3/c17-13-7-6-11(9-12(13)16(18,19)20)21-15(23)8-5-10-3-1-2-4-14(10)22(24)25/h1-9H,(H,21,23)/b8-5+. The number of nitro benzene ring substituents is 1. The second-order valence-electron chi connectivity index (χ2n) is 4.83. The predicted octanol–water partition coefficient (Wildman–Crippen LogP) is 5.03. The van der Waals surface area contributed by atoms with Gasteiger partial charge in [-0.05, 0) is 30.3 Å². The van der Waals surface area contributed by atoms with E-state index in [2.05, 4.69) is 21.2 Å². The number of hydrogen-bond acceptors (Lipinski definition) is 3. The average molecular weight is 415 g/mol. The Morgan fingerprint density at radius 1 is 1.20 bits per heavy atom. The molecular formula is C16H10BrF3N2O3. The minimum atomic E-state index is -4.57. The van der Waals surface area contributed by atoms with Gasteiger partial charge in [0.25, 0.3) is 5.69 Å². The van der Waals surface area contributed by atoms with Crippen molar-refractivity contribution in [3.05, 3.63) is 74.3 Å². The maximum Gasteiger partial charge on any atom is 0.417 e. The van der Waals surface area contributed by atoms with Crippen LogP contribution in [0.5, 0.6) is 0 Å². The van der Waals surface area contributed by atoms with Gasteiger partial charge in [0.1, 0.15) is 0 Å². The molecule has 0 radical (unpaired) electrons. The lowest BCUT2D eigenvalue weighted by Crippen LogP contribution is -2.11. The van der Waals surface area contributed by atoms with E-state index in [-0.39, 0.29) is 21.4 Å². The number of carbonyl (C=O) groups is 1. The maximum absolute atomic E-state index is 12.8. The van der Waals surface area contributed by atoms with Crippen LogP contribution in [0.3, 0.4) is 0 Å². The molecule has 0 atom stereocenters. The van der Waals surface area contributed by atoms with E-state index in [0.717, 1.165) is 12.1 Å². The lowest BCUT2D eigenvalue weighted by molar-refractivity contribution is -0.385. The molecule has 1 N–H and O–H groups in total. The molecule has 2 rings (SSSR count). The van der Waals surface area contributed by atoms with Crippen LogP contribution in [0.4, 0.5) is 24.5 Å². The Balaban J connectivity index is 2.17. The zero-order chi connectivity index (χ0) is 18.6.